The van der Waals surface area contributed by atoms with Crippen molar-refractivity contribution < 1.29 is 12.0 Å². The average Bonchev–Trinajstić information content (AvgIpc) is 3.57. The molecule has 0 aliphatic carbocycles. The van der Waals surface area contributed by atoms with Gasteiger partial charge in [0, 0.05) is 23.0 Å². The molecule has 4 nitrogen and oxygen atoms in total. The lowest BCUT2D eigenvalue weighted by atomic mass is 9.93. The third kappa shape index (κ3) is 5.33. The predicted octanol–water partition coefficient (Wildman–Crippen LogP) is 11.1. The fourth-order valence-corrected chi connectivity index (χ4v) is 6.35. The van der Waals surface area contributed by atoms with Crippen molar-refractivity contribution in [3.8, 4) is 67.5 Å². The molecule has 230 valence electrons. The van der Waals surface area contributed by atoms with E-state index in [1.165, 1.54) is 0 Å². The van der Waals surface area contributed by atoms with E-state index in [0.717, 1.165) is 50.2 Å². The summed E-state index contributed by atoms with van der Waals surface area (Å²) in [6, 6.07) is 37.8. The van der Waals surface area contributed by atoms with Crippen molar-refractivity contribution in [3.05, 3.63) is 169 Å². The van der Waals surface area contributed by atoms with Crippen molar-refractivity contribution in [2.24, 2.45) is 0 Å². The molecule has 0 saturated carbocycles. The van der Waals surface area contributed by atoms with Crippen LogP contribution in [0.5, 0.6) is 5.75 Å². The Bertz CT molecular complexity index is 2680. The number of aryl methyl sites for hydroxylation is 2. The van der Waals surface area contributed by atoms with Crippen LogP contribution in [0.25, 0.3) is 72.7 Å². The Balaban J connectivity index is 1.43. The van der Waals surface area contributed by atoms with E-state index in [0.29, 0.717) is 22.2 Å². The number of nitrogens with zero attached hydrogens (tertiary/aromatic N) is 3. The molecule has 0 unspecified atom stereocenters. The molecule has 2 heterocycles. The number of fused-ring (bicyclic) bond motifs is 1. The van der Waals surface area contributed by atoms with Gasteiger partial charge in [-0.1, -0.05) is 97.0 Å². The SMILES string of the molecule is [2H]c1c([2H])c([2H])c(-n2c(-c3cc(C)cc(C)c3O)nc3c(-c4cc(-c5ccccc5)cc(-c5cc(-c6ccccc6)ccn5)c4)cccc32)c([2H])c1[2H]. The zero-order chi connectivity index (χ0) is 37.0. The van der Waals surface area contributed by atoms with Gasteiger partial charge >= 0.3 is 0 Å². The van der Waals surface area contributed by atoms with Gasteiger partial charge < -0.3 is 5.11 Å². The molecule has 1 N–H and O–H groups in total. The number of aromatic hydroxyl groups is 1. The molecule has 0 spiro atoms. The third-order valence-corrected chi connectivity index (χ3v) is 8.60. The number of phenolic OH excluding ortho intramolecular Hbond substituents is 1. The molecule has 0 radical (unpaired) electrons. The van der Waals surface area contributed by atoms with Gasteiger partial charge in [0.05, 0.1) is 29.1 Å². The molecule has 0 amide bonds. The van der Waals surface area contributed by atoms with Crippen molar-refractivity contribution in [1.29, 1.82) is 0 Å². The number of hydrogen-bond acceptors (Lipinski definition) is 3. The number of imidazole rings is 1. The molecular formula is C44H33N3O. The topological polar surface area (TPSA) is 50.9 Å². The second kappa shape index (κ2) is 12.2. The minimum atomic E-state index is -0.486. The fraction of sp³-hybridized carbons (Fsp3) is 0.0455. The molecule has 8 rings (SSSR count). The highest BCUT2D eigenvalue weighted by atomic mass is 16.3. The largest absolute Gasteiger partial charge is 0.507 e. The zero-order valence-corrected chi connectivity index (χ0v) is 26.4. The fourth-order valence-electron chi connectivity index (χ4n) is 6.35. The standard InChI is InChI=1S/C44H33N3O/c1-29-23-30(2)43(48)39(24-29)44-46-42-38(19-12-20-41(42)47(44)37-17-10-5-11-18-37)35-25-34(32-15-8-4-9-16-32)26-36(27-35)40-28-33(21-22-45-40)31-13-6-3-7-14-31/h3-28,48H,1-2H3/i5D,10D,11D,17D,18D. The van der Waals surface area contributed by atoms with E-state index in [-0.39, 0.29) is 29.3 Å². The van der Waals surface area contributed by atoms with Gasteiger partial charge in [-0.05, 0) is 107 Å². The summed E-state index contributed by atoms with van der Waals surface area (Å²) in [5, 5.41) is 11.4. The first-order valence-corrected chi connectivity index (χ1v) is 15.7. The summed E-state index contributed by atoms with van der Waals surface area (Å²) in [4.78, 5) is 9.95. The highest BCUT2D eigenvalue weighted by Crippen LogP contribution is 2.40. The second-order valence-corrected chi connectivity index (χ2v) is 11.9. The van der Waals surface area contributed by atoms with Crippen LogP contribution < -0.4 is 0 Å². The first-order valence-electron chi connectivity index (χ1n) is 18.2. The number of para-hydroxylation sites is 2. The molecule has 4 heteroatoms. The summed E-state index contributed by atoms with van der Waals surface area (Å²) in [5.41, 5.74) is 10.3. The minimum Gasteiger partial charge on any atom is -0.507 e. The Kier molecular flexibility index (Phi) is 6.08. The molecule has 48 heavy (non-hydrogen) atoms. The number of pyridine rings is 1. The van der Waals surface area contributed by atoms with E-state index in [1.807, 2.05) is 79.9 Å². The van der Waals surface area contributed by atoms with E-state index in [9.17, 15) is 5.11 Å². The van der Waals surface area contributed by atoms with Crippen LogP contribution in [0.3, 0.4) is 0 Å². The quantitative estimate of drug-likeness (QED) is 0.200. The van der Waals surface area contributed by atoms with Crippen LogP contribution in [0.4, 0.5) is 0 Å². The van der Waals surface area contributed by atoms with Crippen molar-refractivity contribution in [1.82, 2.24) is 14.5 Å². The summed E-state index contributed by atoms with van der Waals surface area (Å²) in [7, 11) is 0. The van der Waals surface area contributed by atoms with E-state index < -0.39 is 18.1 Å². The van der Waals surface area contributed by atoms with E-state index in [1.54, 1.807) is 17.6 Å². The number of phenols is 1. The predicted molar refractivity (Wildman–Crippen MR) is 197 cm³/mol. The van der Waals surface area contributed by atoms with Crippen LogP contribution in [0, 0.1) is 13.8 Å². The summed E-state index contributed by atoms with van der Waals surface area (Å²) in [5.74, 6) is 0.255. The molecule has 0 fully saturated rings. The Labute approximate surface area is 287 Å². The zero-order valence-electron chi connectivity index (χ0n) is 31.4. The Morgan fingerprint density at radius 1 is 0.604 bits per heavy atom. The molecule has 8 aromatic rings. The molecule has 0 saturated heterocycles. The maximum atomic E-state index is 11.4. The highest BCUT2D eigenvalue weighted by molar-refractivity contribution is 5.97. The van der Waals surface area contributed by atoms with E-state index >= 15 is 0 Å². The summed E-state index contributed by atoms with van der Waals surface area (Å²) >= 11 is 0. The number of rotatable bonds is 6. The van der Waals surface area contributed by atoms with E-state index in [2.05, 4.69) is 48.5 Å². The molecule has 2 aromatic heterocycles. The van der Waals surface area contributed by atoms with Gasteiger partial charge in [-0.2, -0.15) is 0 Å². The lowest BCUT2D eigenvalue weighted by molar-refractivity contribution is 0.472. The number of benzene rings is 6. The van der Waals surface area contributed by atoms with Crippen molar-refractivity contribution in [3.63, 3.8) is 0 Å². The second-order valence-electron chi connectivity index (χ2n) is 11.9. The lowest BCUT2D eigenvalue weighted by Gasteiger charge is -2.13. The van der Waals surface area contributed by atoms with Crippen LogP contribution in [0.2, 0.25) is 0 Å². The van der Waals surface area contributed by atoms with Crippen LogP contribution >= 0.6 is 0 Å². The van der Waals surface area contributed by atoms with Gasteiger partial charge in [0.15, 0.2) is 0 Å². The van der Waals surface area contributed by atoms with Gasteiger partial charge in [-0.15, -0.1) is 0 Å². The summed E-state index contributed by atoms with van der Waals surface area (Å²) in [6.45, 7) is 3.71. The van der Waals surface area contributed by atoms with Crippen molar-refractivity contribution in [2.45, 2.75) is 13.8 Å². The monoisotopic (exact) mass is 624 g/mol. The smallest absolute Gasteiger partial charge is 0.149 e. The van der Waals surface area contributed by atoms with Gasteiger partial charge in [-0.25, -0.2) is 4.98 Å². The minimum absolute atomic E-state index is 0.00111. The molecule has 0 aliphatic rings. The normalized spacial score (nSPS) is 12.7. The number of aromatic nitrogens is 3. The van der Waals surface area contributed by atoms with Gasteiger partial charge in [0.25, 0.3) is 0 Å². The number of hydrogen-bond donors (Lipinski definition) is 1. The van der Waals surface area contributed by atoms with Crippen molar-refractivity contribution >= 4 is 11.0 Å². The first kappa shape index (κ1) is 24.0. The average molecular weight is 625 g/mol. The van der Waals surface area contributed by atoms with Crippen molar-refractivity contribution in [2.75, 3.05) is 0 Å². The van der Waals surface area contributed by atoms with Gasteiger partial charge in [-0.3, -0.25) is 9.55 Å². The van der Waals surface area contributed by atoms with Crippen LogP contribution in [0.1, 0.15) is 18.0 Å². The maximum absolute atomic E-state index is 11.4. The Morgan fingerprint density at radius 2 is 1.29 bits per heavy atom. The van der Waals surface area contributed by atoms with Crippen LogP contribution in [-0.2, 0) is 0 Å². The maximum Gasteiger partial charge on any atom is 0.149 e. The highest BCUT2D eigenvalue weighted by Gasteiger charge is 2.21. The summed E-state index contributed by atoms with van der Waals surface area (Å²) in [6.07, 6.45) is 1.82. The van der Waals surface area contributed by atoms with E-state index in [4.69, 9.17) is 16.8 Å². The lowest BCUT2D eigenvalue weighted by Crippen LogP contribution is -1.98. The molecular weight excluding hydrogens is 587 g/mol. The molecule has 0 bridgehead atoms. The first-order chi connectivity index (χ1) is 25.6. The van der Waals surface area contributed by atoms with Gasteiger partial charge in [0.2, 0.25) is 0 Å². The summed E-state index contributed by atoms with van der Waals surface area (Å²) < 4.78 is 44.7. The molecule has 0 aliphatic heterocycles. The molecule has 0 atom stereocenters. The Hall–Kier alpha value is -6.26. The van der Waals surface area contributed by atoms with Gasteiger partial charge in [0.1, 0.15) is 11.6 Å². The van der Waals surface area contributed by atoms with Crippen LogP contribution in [0.15, 0.2) is 158 Å². The third-order valence-electron chi connectivity index (χ3n) is 8.60. The molecule has 6 aromatic carbocycles. The Morgan fingerprint density at radius 3 is 2.04 bits per heavy atom. The van der Waals surface area contributed by atoms with Crippen LogP contribution in [-0.4, -0.2) is 19.6 Å².